The molecule has 0 spiro atoms. The van der Waals surface area contributed by atoms with Crippen molar-refractivity contribution in [2.45, 2.75) is 13.3 Å². The highest BCUT2D eigenvalue weighted by atomic mass is 16.5. The van der Waals surface area contributed by atoms with E-state index >= 15 is 0 Å². The number of nitrogens with zero attached hydrogens (tertiary/aromatic N) is 2. The zero-order valence-corrected chi connectivity index (χ0v) is 9.99. The fraction of sp³-hybridized carbons (Fsp3) is 0.500. The summed E-state index contributed by atoms with van der Waals surface area (Å²) >= 11 is 0. The fourth-order valence-corrected chi connectivity index (χ4v) is 1.26. The highest BCUT2D eigenvalue weighted by Gasteiger charge is 2.08. The Morgan fingerprint density at radius 2 is 2.29 bits per heavy atom. The van der Waals surface area contributed by atoms with Gasteiger partial charge in [0.1, 0.15) is 12.0 Å². The molecule has 1 amide bonds. The topological polar surface area (TPSA) is 102 Å². The van der Waals surface area contributed by atoms with E-state index in [0.717, 1.165) is 0 Å². The molecular weight excluding hydrogens is 222 g/mol. The Morgan fingerprint density at radius 3 is 2.94 bits per heavy atom. The molecule has 0 saturated carbocycles. The summed E-state index contributed by atoms with van der Waals surface area (Å²) in [4.78, 5) is 19.0. The lowest BCUT2D eigenvalue weighted by molar-refractivity contribution is -0.120. The third-order valence-corrected chi connectivity index (χ3v) is 2.06. The van der Waals surface area contributed by atoms with E-state index in [0.29, 0.717) is 36.9 Å². The van der Waals surface area contributed by atoms with Crippen LogP contribution in [0.2, 0.25) is 0 Å². The molecule has 0 aliphatic heterocycles. The normalized spacial score (nSPS) is 9.76. The van der Waals surface area contributed by atoms with Gasteiger partial charge in [-0.25, -0.2) is 4.98 Å². The van der Waals surface area contributed by atoms with Gasteiger partial charge in [0.15, 0.2) is 5.82 Å². The largest absolute Gasteiger partial charge is 0.479 e. The zero-order chi connectivity index (χ0) is 12.7. The first kappa shape index (κ1) is 13.0. The van der Waals surface area contributed by atoms with Crippen LogP contribution in [0.4, 0.5) is 11.5 Å². The van der Waals surface area contributed by atoms with Gasteiger partial charge >= 0.3 is 0 Å². The predicted molar refractivity (Wildman–Crippen MR) is 64.8 cm³/mol. The number of carbonyl (C=O) groups excluding carboxylic acids is 1. The van der Waals surface area contributed by atoms with Crippen LogP contribution in [0, 0.1) is 0 Å². The van der Waals surface area contributed by atoms with E-state index in [1.807, 2.05) is 6.92 Å². The number of nitrogens with two attached hydrogens (primary N) is 1. The summed E-state index contributed by atoms with van der Waals surface area (Å²) in [5.41, 5.74) is 6.10. The standard InChI is InChI=1S/C10H17N5O2/c1-3-12-7(16)4-5-13-9-8(11)10(17-2)15-6-14-9/h6H,3-5,11H2,1-2H3,(H,12,16)(H,13,14,15). The molecule has 94 valence electrons. The van der Waals surface area contributed by atoms with Crippen molar-refractivity contribution in [1.29, 1.82) is 0 Å². The van der Waals surface area contributed by atoms with Crippen LogP contribution in [0.25, 0.3) is 0 Å². The first-order chi connectivity index (χ1) is 8.19. The van der Waals surface area contributed by atoms with Crippen LogP contribution in [0.5, 0.6) is 5.88 Å². The molecule has 7 nitrogen and oxygen atoms in total. The van der Waals surface area contributed by atoms with Crippen LogP contribution in [0.1, 0.15) is 13.3 Å². The molecule has 0 aromatic carbocycles. The van der Waals surface area contributed by atoms with Crippen LogP contribution in [0.15, 0.2) is 6.33 Å². The lowest BCUT2D eigenvalue weighted by Crippen LogP contribution is -2.25. The molecule has 0 aliphatic carbocycles. The maximum Gasteiger partial charge on any atom is 0.242 e. The van der Waals surface area contributed by atoms with Crippen molar-refractivity contribution >= 4 is 17.4 Å². The summed E-state index contributed by atoms with van der Waals surface area (Å²) in [7, 11) is 1.48. The second kappa shape index (κ2) is 6.51. The van der Waals surface area contributed by atoms with Gasteiger partial charge in [0.05, 0.1) is 7.11 Å². The summed E-state index contributed by atoms with van der Waals surface area (Å²) in [5.74, 6) is 0.779. The van der Waals surface area contributed by atoms with Crippen LogP contribution >= 0.6 is 0 Å². The molecule has 0 aliphatic rings. The Labute approximate surface area is 99.8 Å². The lowest BCUT2D eigenvalue weighted by Gasteiger charge is -2.09. The molecule has 7 heteroatoms. The van der Waals surface area contributed by atoms with Crippen LogP contribution in [-0.2, 0) is 4.79 Å². The number of aromatic nitrogens is 2. The summed E-state index contributed by atoms with van der Waals surface area (Å²) in [6.45, 7) is 2.96. The molecule has 0 bridgehead atoms. The summed E-state index contributed by atoms with van der Waals surface area (Å²) in [6.07, 6.45) is 1.71. The minimum Gasteiger partial charge on any atom is -0.479 e. The smallest absolute Gasteiger partial charge is 0.242 e. The van der Waals surface area contributed by atoms with Gasteiger partial charge in [-0.05, 0) is 6.92 Å². The molecule has 17 heavy (non-hydrogen) atoms. The number of nitrogen functional groups attached to an aromatic ring is 1. The predicted octanol–water partition coefficient (Wildman–Crippen LogP) is 0.00550. The highest BCUT2D eigenvalue weighted by molar-refractivity contribution is 5.76. The number of nitrogens with one attached hydrogen (secondary N) is 2. The van der Waals surface area contributed by atoms with Crippen molar-refractivity contribution in [1.82, 2.24) is 15.3 Å². The van der Waals surface area contributed by atoms with Gasteiger partial charge in [0, 0.05) is 19.5 Å². The monoisotopic (exact) mass is 239 g/mol. The molecule has 1 aromatic rings. The average Bonchev–Trinajstić information content (AvgIpc) is 2.32. The van der Waals surface area contributed by atoms with Gasteiger partial charge in [-0.15, -0.1) is 0 Å². The van der Waals surface area contributed by atoms with Crippen molar-refractivity contribution in [3.63, 3.8) is 0 Å². The highest BCUT2D eigenvalue weighted by Crippen LogP contribution is 2.23. The van der Waals surface area contributed by atoms with Gasteiger partial charge in [0.2, 0.25) is 11.8 Å². The Hall–Kier alpha value is -2.05. The van der Waals surface area contributed by atoms with Crippen molar-refractivity contribution in [2.75, 3.05) is 31.2 Å². The van der Waals surface area contributed by atoms with Gasteiger partial charge in [0.25, 0.3) is 0 Å². The molecule has 0 radical (unpaired) electrons. The second-order valence-corrected chi connectivity index (χ2v) is 3.28. The molecule has 1 rings (SSSR count). The minimum absolute atomic E-state index is 0.0143. The van der Waals surface area contributed by atoms with E-state index in [4.69, 9.17) is 10.5 Å². The molecule has 0 saturated heterocycles. The average molecular weight is 239 g/mol. The summed E-state index contributed by atoms with van der Waals surface area (Å²) in [6, 6.07) is 0. The van der Waals surface area contributed by atoms with E-state index in [2.05, 4.69) is 20.6 Å². The van der Waals surface area contributed by atoms with E-state index in [9.17, 15) is 4.79 Å². The van der Waals surface area contributed by atoms with Gasteiger partial charge in [-0.3, -0.25) is 4.79 Å². The number of hydrogen-bond acceptors (Lipinski definition) is 6. The van der Waals surface area contributed by atoms with Crippen molar-refractivity contribution < 1.29 is 9.53 Å². The quantitative estimate of drug-likeness (QED) is 0.646. The molecule has 4 N–H and O–H groups in total. The molecule has 0 fully saturated rings. The summed E-state index contributed by atoms with van der Waals surface area (Å²) < 4.78 is 4.96. The van der Waals surface area contributed by atoms with Gasteiger partial charge in [-0.1, -0.05) is 0 Å². The number of hydrogen-bond donors (Lipinski definition) is 3. The molecule has 0 unspecified atom stereocenters. The van der Waals surface area contributed by atoms with Crippen molar-refractivity contribution in [3.8, 4) is 5.88 Å². The number of carbonyl (C=O) groups is 1. The van der Waals surface area contributed by atoms with Crippen molar-refractivity contribution in [3.05, 3.63) is 6.33 Å². The third-order valence-electron chi connectivity index (χ3n) is 2.06. The molecule has 0 atom stereocenters. The molecular formula is C10H17N5O2. The molecule has 1 heterocycles. The maximum atomic E-state index is 11.2. The second-order valence-electron chi connectivity index (χ2n) is 3.28. The fourth-order valence-electron chi connectivity index (χ4n) is 1.26. The van der Waals surface area contributed by atoms with E-state index in [1.165, 1.54) is 13.4 Å². The SMILES string of the molecule is CCNC(=O)CCNc1ncnc(OC)c1N. The lowest BCUT2D eigenvalue weighted by atomic mass is 10.3. The third kappa shape index (κ3) is 3.78. The number of rotatable bonds is 6. The van der Waals surface area contributed by atoms with Gasteiger partial charge in [-0.2, -0.15) is 4.98 Å². The Bertz CT molecular complexity index is 383. The Kier molecular flexibility index (Phi) is 4.99. The van der Waals surface area contributed by atoms with Crippen LogP contribution in [0.3, 0.4) is 0 Å². The first-order valence-electron chi connectivity index (χ1n) is 5.34. The summed E-state index contributed by atoms with van der Waals surface area (Å²) in [5, 5.41) is 5.66. The van der Waals surface area contributed by atoms with E-state index in [1.54, 1.807) is 0 Å². The minimum atomic E-state index is -0.0143. The number of ether oxygens (including phenoxy) is 1. The zero-order valence-electron chi connectivity index (χ0n) is 9.99. The maximum absolute atomic E-state index is 11.2. The van der Waals surface area contributed by atoms with Gasteiger partial charge < -0.3 is 21.1 Å². The van der Waals surface area contributed by atoms with E-state index in [-0.39, 0.29) is 5.91 Å². The Morgan fingerprint density at radius 1 is 1.53 bits per heavy atom. The number of amides is 1. The number of methoxy groups -OCH3 is 1. The molecule has 1 aromatic heterocycles. The first-order valence-corrected chi connectivity index (χ1v) is 5.34. The van der Waals surface area contributed by atoms with Crippen LogP contribution in [-0.4, -0.2) is 36.1 Å². The Balaban J connectivity index is 2.49. The van der Waals surface area contributed by atoms with E-state index < -0.39 is 0 Å². The number of anilines is 2. The van der Waals surface area contributed by atoms with Crippen LogP contribution < -0.4 is 21.1 Å². The van der Waals surface area contributed by atoms with Crippen molar-refractivity contribution in [2.24, 2.45) is 0 Å².